The molecule has 2 aliphatic carbocycles. The highest BCUT2D eigenvalue weighted by molar-refractivity contribution is 7.19. The zero-order chi connectivity index (χ0) is 12.8. The average molecular weight is 268 g/mol. The maximum atomic E-state index is 3.40. The van der Waals surface area contributed by atoms with Crippen molar-refractivity contribution >= 4 is 9.24 Å². The topological polar surface area (TPSA) is 0 Å². The van der Waals surface area contributed by atoms with E-state index in [9.17, 15) is 0 Å². The van der Waals surface area contributed by atoms with Crippen molar-refractivity contribution in [2.45, 2.75) is 95.6 Å². The molecule has 0 aromatic carbocycles. The largest absolute Gasteiger partial charge is 0.131 e. The normalized spacial score (nSPS) is 24.3. The van der Waals surface area contributed by atoms with Crippen LogP contribution in [0.3, 0.4) is 0 Å². The first-order valence-corrected chi connectivity index (χ1v) is 9.14. The lowest BCUT2D eigenvalue weighted by Gasteiger charge is -2.47. The summed E-state index contributed by atoms with van der Waals surface area (Å²) >= 11 is 0. The van der Waals surface area contributed by atoms with Gasteiger partial charge in [0.15, 0.2) is 0 Å². The molecule has 2 aliphatic rings. The van der Waals surface area contributed by atoms with Gasteiger partial charge in [0, 0.05) is 0 Å². The highest BCUT2D eigenvalue weighted by Crippen LogP contribution is 2.50. The van der Waals surface area contributed by atoms with Gasteiger partial charge in [-0.15, -0.1) is 9.24 Å². The Balaban J connectivity index is 2.04. The van der Waals surface area contributed by atoms with Crippen LogP contribution in [0, 0.1) is 11.8 Å². The van der Waals surface area contributed by atoms with Crippen LogP contribution in [-0.2, 0) is 0 Å². The minimum Gasteiger partial charge on any atom is -0.131 e. The van der Waals surface area contributed by atoms with Crippen LogP contribution in [0.25, 0.3) is 0 Å². The molecule has 0 heterocycles. The van der Waals surface area contributed by atoms with Gasteiger partial charge in [-0.2, -0.15) is 0 Å². The molecule has 2 saturated carbocycles. The summed E-state index contributed by atoms with van der Waals surface area (Å²) in [4.78, 5) is 0. The molecule has 0 bridgehead atoms. The summed E-state index contributed by atoms with van der Waals surface area (Å²) in [5, 5.41) is 0.608. The van der Waals surface area contributed by atoms with Crippen LogP contribution >= 0.6 is 9.24 Å². The first-order chi connectivity index (χ1) is 8.77. The molecular formula is C17H33P. The second-order valence-electron chi connectivity index (χ2n) is 6.89. The summed E-state index contributed by atoms with van der Waals surface area (Å²) in [6.45, 7) is 2.35. The number of hydrogen-bond donors (Lipinski definition) is 0. The van der Waals surface area contributed by atoms with Crippen molar-refractivity contribution in [3.8, 4) is 0 Å². The van der Waals surface area contributed by atoms with Gasteiger partial charge < -0.3 is 0 Å². The second-order valence-corrected chi connectivity index (χ2v) is 7.96. The number of unbranched alkanes of at least 4 members (excludes halogenated alkanes) is 1. The third kappa shape index (κ3) is 3.50. The van der Waals surface area contributed by atoms with E-state index >= 15 is 0 Å². The second kappa shape index (κ2) is 7.28. The molecule has 0 aromatic rings. The molecule has 0 aliphatic heterocycles. The minimum absolute atomic E-state index is 0.608. The van der Waals surface area contributed by atoms with Gasteiger partial charge in [-0.25, -0.2) is 0 Å². The zero-order valence-corrected chi connectivity index (χ0v) is 13.6. The van der Waals surface area contributed by atoms with Crippen molar-refractivity contribution in [2.75, 3.05) is 0 Å². The van der Waals surface area contributed by atoms with E-state index in [4.69, 9.17) is 0 Å². The van der Waals surface area contributed by atoms with Crippen molar-refractivity contribution < 1.29 is 0 Å². The molecule has 2 rings (SSSR count). The Morgan fingerprint density at radius 2 is 1.28 bits per heavy atom. The van der Waals surface area contributed by atoms with E-state index < -0.39 is 0 Å². The van der Waals surface area contributed by atoms with Crippen LogP contribution in [0.15, 0.2) is 0 Å². The smallest absolute Gasteiger partial charge is 0.00939 e. The van der Waals surface area contributed by atoms with E-state index in [1.165, 1.54) is 83.5 Å². The fourth-order valence-corrected chi connectivity index (χ4v) is 5.38. The van der Waals surface area contributed by atoms with Crippen LogP contribution < -0.4 is 0 Å². The van der Waals surface area contributed by atoms with Crippen LogP contribution in [0.4, 0.5) is 0 Å². The summed E-state index contributed by atoms with van der Waals surface area (Å²) in [7, 11) is 3.40. The van der Waals surface area contributed by atoms with Gasteiger partial charge in [-0.3, -0.25) is 0 Å². The van der Waals surface area contributed by atoms with Gasteiger partial charge in [0.25, 0.3) is 0 Å². The molecule has 1 atom stereocenters. The third-order valence-corrected chi connectivity index (χ3v) is 6.93. The molecule has 0 radical (unpaired) electrons. The quantitative estimate of drug-likeness (QED) is 0.540. The summed E-state index contributed by atoms with van der Waals surface area (Å²) in [5.74, 6) is 2.04. The fraction of sp³-hybridized carbons (Fsp3) is 1.00. The average Bonchev–Trinajstić information content (AvgIpc) is 2.46. The Hall–Kier alpha value is 0.430. The van der Waals surface area contributed by atoms with Crippen LogP contribution in [0.5, 0.6) is 0 Å². The van der Waals surface area contributed by atoms with Gasteiger partial charge in [-0.1, -0.05) is 58.3 Å². The van der Waals surface area contributed by atoms with Gasteiger partial charge in [-0.05, 0) is 49.1 Å². The molecule has 1 unspecified atom stereocenters. The minimum atomic E-state index is 0.608. The van der Waals surface area contributed by atoms with Crippen LogP contribution in [0.2, 0.25) is 0 Å². The molecule has 0 N–H and O–H groups in total. The summed E-state index contributed by atoms with van der Waals surface area (Å²) < 4.78 is 0. The lowest BCUT2D eigenvalue weighted by Crippen LogP contribution is -2.41. The third-order valence-electron chi connectivity index (χ3n) is 5.69. The van der Waals surface area contributed by atoms with Crippen molar-refractivity contribution in [3.63, 3.8) is 0 Å². The van der Waals surface area contributed by atoms with Crippen LogP contribution in [0.1, 0.15) is 90.4 Å². The van der Waals surface area contributed by atoms with E-state index in [0.29, 0.717) is 5.16 Å². The number of rotatable bonds is 5. The molecule has 0 nitrogen and oxygen atoms in total. The molecule has 0 spiro atoms. The van der Waals surface area contributed by atoms with E-state index in [1.54, 1.807) is 0 Å². The molecular weight excluding hydrogens is 235 g/mol. The van der Waals surface area contributed by atoms with Crippen molar-refractivity contribution in [1.29, 1.82) is 0 Å². The molecule has 1 heteroatoms. The van der Waals surface area contributed by atoms with E-state index in [1.807, 2.05) is 0 Å². The molecule has 106 valence electrons. The summed E-state index contributed by atoms with van der Waals surface area (Å²) in [6, 6.07) is 0. The highest BCUT2D eigenvalue weighted by Gasteiger charge is 2.41. The Morgan fingerprint density at radius 3 is 1.67 bits per heavy atom. The molecule has 0 saturated heterocycles. The van der Waals surface area contributed by atoms with E-state index in [2.05, 4.69) is 16.2 Å². The van der Waals surface area contributed by atoms with Crippen molar-refractivity contribution in [1.82, 2.24) is 0 Å². The van der Waals surface area contributed by atoms with Crippen LogP contribution in [-0.4, -0.2) is 5.16 Å². The Bertz CT molecular complexity index is 206. The van der Waals surface area contributed by atoms with Gasteiger partial charge in [0.05, 0.1) is 0 Å². The first kappa shape index (κ1) is 14.8. The van der Waals surface area contributed by atoms with Gasteiger partial charge >= 0.3 is 0 Å². The zero-order valence-electron chi connectivity index (χ0n) is 12.4. The van der Waals surface area contributed by atoms with Crippen molar-refractivity contribution in [3.05, 3.63) is 0 Å². The summed E-state index contributed by atoms with van der Waals surface area (Å²) in [5.41, 5.74) is 0. The standard InChI is InChI=1S/C17H33P/c1-2-3-14-17(18,15-10-6-4-7-11-15)16-12-8-5-9-13-16/h15-16H,2-14,18H2,1H3. The Labute approximate surface area is 117 Å². The highest BCUT2D eigenvalue weighted by atomic mass is 31.0. The lowest BCUT2D eigenvalue weighted by atomic mass is 9.67. The monoisotopic (exact) mass is 268 g/mol. The Morgan fingerprint density at radius 1 is 0.833 bits per heavy atom. The molecule has 0 amide bonds. The van der Waals surface area contributed by atoms with E-state index in [-0.39, 0.29) is 0 Å². The first-order valence-electron chi connectivity index (χ1n) is 8.56. The predicted octanol–water partition coefficient (Wildman–Crippen LogP) is 5.95. The van der Waals surface area contributed by atoms with Gasteiger partial charge in [0.1, 0.15) is 0 Å². The molecule has 18 heavy (non-hydrogen) atoms. The molecule has 2 fully saturated rings. The fourth-order valence-electron chi connectivity index (χ4n) is 4.50. The van der Waals surface area contributed by atoms with E-state index in [0.717, 1.165) is 11.8 Å². The maximum absolute atomic E-state index is 3.40. The Kier molecular flexibility index (Phi) is 5.99. The lowest BCUT2D eigenvalue weighted by molar-refractivity contribution is 0.163. The number of hydrogen-bond acceptors (Lipinski definition) is 0. The predicted molar refractivity (Wildman–Crippen MR) is 85.1 cm³/mol. The summed E-state index contributed by atoms with van der Waals surface area (Å²) in [6.07, 6.45) is 19.3. The molecule has 0 aromatic heterocycles. The SMILES string of the molecule is CCCCC(P)(C1CCCCC1)C1CCCCC1. The van der Waals surface area contributed by atoms with Crippen molar-refractivity contribution in [2.24, 2.45) is 11.8 Å². The maximum Gasteiger partial charge on any atom is -0.00939 e. The van der Waals surface area contributed by atoms with Gasteiger partial charge in [0.2, 0.25) is 0 Å².